The van der Waals surface area contributed by atoms with Crippen LogP contribution in [0.15, 0.2) is 10.9 Å². The van der Waals surface area contributed by atoms with Crippen molar-refractivity contribution in [2.24, 2.45) is 0 Å². The normalized spacial score (nSPS) is 10.7. The topological polar surface area (TPSA) is 85.9 Å². The zero-order valence-corrected chi connectivity index (χ0v) is 6.57. The van der Waals surface area contributed by atoms with Gasteiger partial charge in [0, 0.05) is 0 Å². The van der Waals surface area contributed by atoms with Crippen LogP contribution in [0, 0.1) is 0 Å². The first-order valence-electron chi connectivity index (χ1n) is 3.12. The predicted octanol–water partition coefficient (Wildman–Crippen LogP) is 0.616. The van der Waals surface area contributed by atoms with Crippen LogP contribution in [0.3, 0.4) is 0 Å². The number of carboxylic acids is 1. The molecule has 0 unspecified atom stereocenters. The van der Waals surface area contributed by atoms with Gasteiger partial charge in [-0.05, 0) is 6.07 Å². The summed E-state index contributed by atoms with van der Waals surface area (Å²) in [6.07, 6.45) is 0. The minimum atomic E-state index is -0.981. The number of H-pyrrole nitrogens is 2. The van der Waals surface area contributed by atoms with Crippen molar-refractivity contribution < 1.29 is 9.90 Å². The van der Waals surface area contributed by atoms with Gasteiger partial charge in [-0.3, -0.25) is 4.98 Å². The first kappa shape index (κ1) is 7.11. The molecule has 2 aromatic heterocycles. The van der Waals surface area contributed by atoms with Crippen LogP contribution in [-0.2, 0) is 0 Å². The van der Waals surface area contributed by atoms with Crippen molar-refractivity contribution in [2.75, 3.05) is 0 Å². The molecule has 0 aromatic carbocycles. The molecule has 0 spiro atoms. The van der Waals surface area contributed by atoms with Crippen molar-refractivity contribution in [1.29, 1.82) is 0 Å². The average molecular weight is 184 g/mol. The second kappa shape index (κ2) is 2.21. The Balaban J connectivity index is 2.72. The van der Waals surface area contributed by atoms with Crippen LogP contribution in [0.4, 0.5) is 0 Å². The number of imidazole rings is 1. The van der Waals surface area contributed by atoms with Gasteiger partial charge < -0.3 is 10.1 Å². The number of nitrogens with one attached hydrogen (secondary N) is 2. The lowest BCUT2D eigenvalue weighted by molar-refractivity contribution is 0.0702. The van der Waals surface area contributed by atoms with Crippen molar-refractivity contribution in [2.45, 2.75) is 0 Å². The van der Waals surface area contributed by atoms with Gasteiger partial charge in [0.1, 0.15) is 9.71 Å². The summed E-state index contributed by atoms with van der Waals surface area (Å²) < 4.78 is 0. The molecule has 5 nitrogen and oxygen atoms in total. The average Bonchev–Trinajstić information content (AvgIpc) is 2.42. The molecular weight excluding hydrogens is 180 g/mol. The molecule has 0 saturated carbocycles. The lowest BCUT2D eigenvalue weighted by atomic mass is 10.4. The molecule has 2 aromatic rings. The molecule has 0 aliphatic rings. The highest BCUT2D eigenvalue weighted by molar-refractivity contribution is 7.20. The van der Waals surface area contributed by atoms with Crippen molar-refractivity contribution in [1.82, 2.24) is 9.97 Å². The molecule has 0 bridgehead atoms. The minimum Gasteiger partial charge on any atom is -0.477 e. The maximum atomic E-state index is 10.7. The maximum absolute atomic E-state index is 10.7. The third-order valence-electron chi connectivity index (χ3n) is 1.42. The van der Waals surface area contributed by atoms with E-state index >= 15 is 0 Å². The molecule has 0 aliphatic carbocycles. The fourth-order valence-electron chi connectivity index (χ4n) is 0.939. The smallest absolute Gasteiger partial charge is 0.346 e. The second-order valence-electron chi connectivity index (χ2n) is 2.24. The van der Waals surface area contributed by atoms with E-state index in [-0.39, 0.29) is 10.6 Å². The van der Waals surface area contributed by atoms with Crippen LogP contribution in [0.25, 0.3) is 10.3 Å². The van der Waals surface area contributed by atoms with Gasteiger partial charge in [0.2, 0.25) is 0 Å². The Labute approximate surface area is 69.7 Å². The molecule has 3 N–H and O–H groups in total. The molecule has 0 aliphatic heterocycles. The summed E-state index contributed by atoms with van der Waals surface area (Å²) in [4.78, 5) is 26.9. The van der Waals surface area contributed by atoms with Gasteiger partial charge in [0.05, 0.1) is 5.52 Å². The maximum Gasteiger partial charge on any atom is 0.346 e. The molecule has 0 saturated heterocycles. The number of aromatic amines is 2. The summed E-state index contributed by atoms with van der Waals surface area (Å²) >= 11 is 1.04. The zero-order valence-electron chi connectivity index (χ0n) is 5.75. The van der Waals surface area contributed by atoms with Gasteiger partial charge in [0.15, 0.2) is 0 Å². The molecule has 0 radical (unpaired) electrons. The standard InChI is InChI=1S/C6H4N2O3S/c9-5(10)3-1-2-4(12-3)8-6(11)7-2/h1H,(H,9,10)(H2,7,8,11). The van der Waals surface area contributed by atoms with E-state index in [4.69, 9.17) is 5.11 Å². The van der Waals surface area contributed by atoms with Crippen LogP contribution >= 0.6 is 11.3 Å². The van der Waals surface area contributed by atoms with E-state index in [1.165, 1.54) is 6.07 Å². The number of aromatic carboxylic acids is 1. The van der Waals surface area contributed by atoms with Gasteiger partial charge in [-0.15, -0.1) is 11.3 Å². The van der Waals surface area contributed by atoms with E-state index in [1.807, 2.05) is 0 Å². The van der Waals surface area contributed by atoms with Crippen LogP contribution in [-0.4, -0.2) is 21.0 Å². The highest BCUT2D eigenvalue weighted by Gasteiger charge is 2.09. The molecule has 2 rings (SSSR count). The summed E-state index contributed by atoms with van der Waals surface area (Å²) in [6.45, 7) is 0. The Morgan fingerprint density at radius 1 is 1.50 bits per heavy atom. The van der Waals surface area contributed by atoms with E-state index in [0.29, 0.717) is 10.3 Å². The SMILES string of the molecule is O=C(O)c1cc2[nH]c(=O)[nH]c2s1. The third kappa shape index (κ3) is 0.928. The molecule has 0 amide bonds. The molecule has 62 valence electrons. The number of carbonyl (C=O) groups is 1. The van der Waals surface area contributed by atoms with Crippen LogP contribution in [0.2, 0.25) is 0 Å². The van der Waals surface area contributed by atoms with E-state index in [1.54, 1.807) is 0 Å². The summed E-state index contributed by atoms with van der Waals surface area (Å²) in [5.41, 5.74) is 0.232. The minimum absolute atomic E-state index is 0.215. The van der Waals surface area contributed by atoms with Gasteiger partial charge in [-0.2, -0.15) is 0 Å². The quantitative estimate of drug-likeness (QED) is 0.607. The van der Waals surface area contributed by atoms with Crippen molar-refractivity contribution in [3.63, 3.8) is 0 Å². The Morgan fingerprint density at radius 3 is 2.83 bits per heavy atom. The van der Waals surface area contributed by atoms with E-state index < -0.39 is 5.97 Å². The van der Waals surface area contributed by atoms with Crippen molar-refractivity contribution in [3.05, 3.63) is 21.4 Å². The number of hydrogen-bond donors (Lipinski definition) is 3. The number of rotatable bonds is 1. The van der Waals surface area contributed by atoms with Crippen LogP contribution in [0.1, 0.15) is 9.67 Å². The Hall–Kier alpha value is -1.56. The Morgan fingerprint density at radius 2 is 2.25 bits per heavy atom. The summed E-state index contributed by atoms with van der Waals surface area (Å²) in [6, 6.07) is 1.43. The molecule has 2 heterocycles. The van der Waals surface area contributed by atoms with Gasteiger partial charge in [-0.1, -0.05) is 0 Å². The van der Waals surface area contributed by atoms with Gasteiger partial charge in [-0.25, -0.2) is 9.59 Å². The number of fused-ring (bicyclic) bond motifs is 1. The lowest BCUT2D eigenvalue weighted by Gasteiger charge is -1.80. The number of hydrogen-bond acceptors (Lipinski definition) is 3. The number of carboxylic acid groups (broad SMARTS) is 1. The molecule has 12 heavy (non-hydrogen) atoms. The number of thiophene rings is 1. The van der Waals surface area contributed by atoms with E-state index in [0.717, 1.165) is 11.3 Å². The Bertz CT molecular complexity index is 458. The fraction of sp³-hybridized carbons (Fsp3) is 0. The molecule has 0 fully saturated rings. The third-order valence-corrected chi connectivity index (χ3v) is 2.46. The predicted molar refractivity (Wildman–Crippen MR) is 43.8 cm³/mol. The molecule has 0 atom stereocenters. The highest BCUT2D eigenvalue weighted by Crippen LogP contribution is 2.20. The monoisotopic (exact) mass is 184 g/mol. The molecule has 6 heteroatoms. The van der Waals surface area contributed by atoms with E-state index in [9.17, 15) is 9.59 Å². The zero-order chi connectivity index (χ0) is 8.72. The first-order valence-corrected chi connectivity index (χ1v) is 3.93. The van der Waals surface area contributed by atoms with E-state index in [2.05, 4.69) is 9.97 Å². The van der Waals surface area contributed by atoms with Crippen molar-refractivity contribution in [3.8, 4) is 0 Å². The van der Waals surface area contributed by atoms with Crippen molar-refractivity contribution >= 4 is 27.7 Å². The van der Waals surface area contributed by atoms with Gasteiger partial charge in [0.25, 0.3) is 0 Å². The van der Waals surface area contributed by atoms with Crippen LogP contribution in [0.5, 0.6) is 0 Å². The highest BCUT2D eigenvalue weighted by atomic mass is 32.1. The van der Waals surface area contributed by atoms with Gasteiger partial charge >= 0.3 is 11.7 Å². The Kier molecular flexibility index (Phi) is 1.31. The summed E-state index contributed by atoms with van der Waals surface area (Å²) in [5.74, 6) is -0.981. The first-order chi connectivity index (χ1) is 5.66. The molecular formula is C6H4N2O3S. The largest absolute Gasteiger partial charge is 0.477 e. The summed E-state index contributed by atoms with van der Waals surface area (Å²) in [5, 5.41) is 8.58. The fourth-order valence-corrected chi connectivity index (χ4v) is 1.79. The second-order valence-corrected chi connectivity index (χ2v) is 3.29. The summed E-state index contributed by atoms with van der Waals surface area (Å²) in [7, 11) is 0. The number of aromatic nitrogens is 2. The lowest BCUT2D eigenvalue weighted by Crippen LogP contribution is -2.00. The van der Waals surface area contributed by atoms with Crippen LogP contribution < -0.4 is 5.69 Å².